The molecule has 0 bridgehead atoms. The van der Waals surface area contributed by atoms with E-state index in [1.807, 2.05) is 42.5 Å². The third-order valence-electron chi connectivity index (χ3n) is 4.02. The van der Waals surface area contributed by atoms with E-state index in [2.05, 4.69) is 10.3 Å². The predicted octanol–water partition coefficient (Wildman–Crippen LogP) is 2.89. The van der Waals surface area contributed by atoms with Gasteiger partial charge in [0.25, 0.3) is 5.24 Å². The van der Waals surface area contributed by atoms with E-state index < -0.39 is 0 Å². The molecule has 1 aliphatic heterocycles. The van der Waals surface area contributed by atoms with Crippen LogP contribution in [0.15, 0.2) is 46.9 Å². The van der Waals surface area contributed by atoms with Crippen molar-refractivity contribution in [3.8, 4) is 0 Å². The second-order valence-corrected chi connectivity index (χ2v) is 7.09. The Balaban J connectivity index is 1.54. The third-order valence-corrected chi connectivity index (χ3v) is 5.00. The van der Waals surface area contributed by atoms with Gasteiger partial charge in [0.1, 0.15) is 5.52 Å². The molecule has 0 aliphatic carbocycles. The number of nitrogens with zero attached hydrogens (tertiary/aromatic N) is 1. The number of carbonyl (C=O) groups excluding carboxylic acids is 2. The summed E-state index contributed by atoms with van der Waals surface area (Å²) in [4.78, 5) is 27.5. The first-order valence-corrected chi connectivity index (χ1v) is 8.69. The summed E-state index contributed by atoms with van der Waals surface area (Å²) in [5, 5.41) is 1.63. The average Bonchev–Trinajstić information content (AvgIpc) is 3.11. The van der Waals surface area contributed by atoms with Gasteiger partial charge in [-0.15, -0.1) is 0 Å². The predicted molar refractivity (Wildman–Crippen MR) is 96.3 cm³/mol. The maximum absolute atomic E-state index is 11.7. The molecule has 1 saturated heterocycles. The zero-order chi connectivity index (χ0) is 17.4. The molecule has 7 heteroatoms. The molecule has 1 aliphatic rings. The van der Waals surface area contributed by atoms with Crippen LogP contribution in [0.5, 0.6) is 0 Å². The van der Waals surface area contributed by atoms with Crippen molar-refractivity contribution >= 4 is 39.7 Å². The van der Waals surface area contributed by atoms with Crippen LogP contribution >= 0.6 is 11.8 Å². The summed E-state index contributed by atoms with van der Waals surface area (Å²) in [6, 6.07) is 13.2. The summed E-state index contributed by atoms with van der Waals surface area (Å²) in [6.07, 6.45) is 1.07. The number of hydrogen-bond donors (Lipinski definition) is 2. The standard InChI is InChI=1S/C18H15N3O3S/c19-12-4-1-10(2-5-12)9-16-20-13-7-11(3-6-14(13)24-16)8-15-17(22)21-18(23)25-15/h1-7,15H,8-9,19H2,(H,21,22,23). The normalized spacial score (nSPS) is 17.2. The molecule has 4 rings (SSSR count). The molecule has 1 unspecified atom stereocenters. The third kappa shape index (κ3) is 3.36. The second-order valence-electron chi connectivity index (χ2n) is 5.92. The van der Waals surface area contributed by atoms with Gasteiger partial charge in [0.05, 0.1) is 5.25 Å². The van der Waals surface area contributed by atoms with Crippen LogP contribution in [0.25, 0.3) is 11.1 Å². The number of anilines is 1. The summed E-state index contributed by atoms with van der Waals surface area (Å²) in [5.74, 6) is 0.388. The van der Waals surface area contributed by atoms with E-state index in [0.29, 0.717) is 24.3 Å². The minimum Gasteiger partial charge on any atom is -0.440 e. The van der Waals surface area contributed by atoms with E-state index in [4.69, 9.17) is 10.2 Å². The number of nitrogen functional groups attached to an aromatic ring is 1. The molecule has 25 heavy (non-hydrogen) atoms. The number of thioether (sulfide) groups is 1. The fourth-order valence-electron chi connectivity index (χ4n) is 2.78. The molecule has 2 heterocycles. The van der Waals surface area contributed by atoms with E-state index in [-0.39, 0.29) is 16.4 Å². The number of oxazole rings is 1. The van der Waals surface area contributed by atoms with Gasteiger partial charge in [-0.1, -0.05) is 30.0 Å². The van der Waals surface area contributed by atoms with Crippen LogP contribution in [0.1, 0.15) is 17.0 Å². The fourth-order valence-corrected chi connectivity index (χ4v) is 3.63. The van der Waals surface area contributed by atoms with Crippen molar-refractivity contribution in [2.45, 2.75) is 18.1 Å². The van der Waals surface area contributed by atoms with E-state index in [0.717, 1.165) is 34.1 Å². The Bertz CT molecular complexity index is 965. The van der Waals surface area contributed by atoms with Crippen LogP contribution in [-0.4, -0.2) is 21.4 Å². The number of benzene rings is 2. The highest BCUT2D eigenvalue weighted by atomic mass is 32.2. The Morgan fingerprint density at radius 1 is 1.12 bits per heavy atom. The van der Waals surface area contributed by atoms with Gasteiger partial charge in [-0.05, 0) is 41.8 Å². The van der Waals surface area contributed by atoms with E-state index >= 15 is 0 Å². The molecule has 0 saturated carbocycles. The van der Waals surface area contributed by atoms with Crippen molar-refractivity contribution < 1.29 is 14.0 Å². The summed E-state index contributed by atoms with van der Waals surface area (Å²) < 4.78 is 5.78. The average molecular weight is 353 g/mol. The molecule has 1 atom stereocenters. The first kappa shape index (κ1) is 15.7. The van der Waals surface area contributed by atoms with Gasteiger partial charge in [-0.3, -0.25) is 14.9 Å². The van der Waals surface area contributed by atoms with Crippen LogP contribution in [0.3, 0.4) is 0 Å². The number of rotatable bonds is 4. The Morgan fingerprint density at radius 3 is 2.60 bits per heavy atom. The number of imide groups is 1. The molecule has 126 valence electrons. The lowest BCUT2D eigenvalue weighted by Crippen LogP contribution is -2.25. The first-order valence-electron chi connectivity index (χ1n) is 7.81. The van der Waals surface area contributed by atoms with Crippen molar-refractivity contribution in [2.75, 3.05) is 5.73 Å². The molecule has 2 amide bonds. The number of amides is 2. The highest BCUT2D eigenvalue weighted by Crippen LogP contribution is 2.25. The largest absolute Gasteiger partial charge is 0.440 e. The lowest BCUT2D eigenvalue weighted by Gasteiger charge is -2.04. The van der Waals surface area contributed by atoms with Crippen LogP contribution in [0.2, 0.25) is 0 Å². The number of nitrogens with two attached hydrogens (primary N) is 1. The van der Waals surface area contributed by atoms with Gasteiger partial charge in [0, 0.05) is 12.1 Å². The van der Waals surface area contributed by atoms with Crippen LogP contribution in [0, 0.1) is 0 Å². The zero-order valence-corrected chi connectivity index (χ0v) is 14.0. The molecule has 0 spiro atoms. The van der Waals surface area contributed by atoms with E-state index in [1.54, 1.807) is 0 Å². The molecule has 2 aromatic carbocycles. The van der Waals surface area contributed by atoms with Gasteiger partial charge in [0.15, 0.2) is 11.5 Å². The van der Waals surface area contributed by atoms with Crippen molar-refractivity contribution in [1.82, 2.24) is 10.3 Å². The molecule has 3 aromatic rings. The van der Waals surface area contributed by atoms with Gasteiger partial charge >= 0.3 is 0 Å². The summed E-state index contributed by atoms with van der Waals surface area (Å²) >= 11 is 1.03. The Hall–Kier alpha value is -2.80. The Labute approximate surface area is 147 Å². The SMILES string of the molecule is Nc1ccc(Cc2nc3cc(CC4SC(=O)NC4=O)ccc3o2)cc1. The van der Waals surface area contributed by atoms with Crippen molar-refractivity contribution in [1.29, 1.82) is 0 Å². The molecule has 1 fully saturated rings. The molecule has 3 N–H and O–H groups in total. The van der Waals surface area contributed by atoms with Crippen LogP contribution in [0.4, 0.5) is 10.5 Å². The molecule has 6 nitrogen and oxygen atoms in total. The summed E-state index contributed by atoms with van der Waals surface area (Å²) in [6.45, 7) is 0. The van der Waals surface area contributed by atoms with Crippen LogP contribution < -0.4 is 11.1 Å². The van der Waals surface area contributed by atoms with Gasteiger partial charge in [-0.25, -0.2) is 4.98 Å². The molecule has 0 radical (unpaired) electrons. The maximum atomic E-state index is 11.7. The Morgan fingerprint density at radius 2 is 1.88 bits per heavy atom. The summed E-state index contributed by atoms with van der Waals surface area (Å²) in [5.41, 5.74) is 9.88. The monoisotopic (exact) mass is 353 g/mol. The minimum absolute atomic E-state index is 0.237. The quantitative estimate of drug-likeness (QED) is 0.700. The lowest BCUT2D eigenvalue weighted by atomic mass is 10.1. The minimum atomic E-state index is -0.383. The van der Waals surface area contributed by atoms with Crippen LogP contribution in [-0.2, 0) is 17.6 Å². The first-order chi connectivity index (χ1) is 12.1. The number of aromatic nitrogens is 1. The van der Waals surface area contributed by atoms with E-state index in [1.165, 1.54) is 0 Å². The van der Waals surface area contributed by atoms with Crippen molar-refractivity contribution in [3.05, 3.63) is 59.5 Å². The van der Waals surface area contributed by atoms with Gasteiger partial charge in [-0.2, -0.15) is 0 Å². The number of fused-ring (bicyclic) bond motifs is 1. The highest BCUT2D eigenvalue weighted by Gasteiger charge is 2.31. The maximum Gasteiger partial charge on any atom is 0.286 e. The Kier molecular flexibility index (Phi) is 3.93. The van der Waals surface area contributed by atoms with Gasteiger partial charge in [0.2, 0.25) is 5.91 Å². The lowest BCUT2D eigenvalue weighted by molar-refractivity contribution is -0.118. The number of hydrogen-bond acceptors (Lipinski definition) is 6. The topological polar surface area (TPSA) is 98.2 Å². The number of nitrogens with one attached hydrogen (secondary N) is 1. The van der Waals surface area contributed by atoms with Crippen molar-refractivity contribution in [2.24, 2.45) is 0 Å². The van der Waals surface area contributed by atoms with E-state index in [9.17, 15) is 9.59 Å². The smallest absolute Gasteiger partial charge is 0.286 e. The molecular weight excluding hydrogens is 338 g/mol. The highest BCUT2D eigenvalue weighted by molar-refractivity contribution is 8.15. The zero-order valence-electron chi connectivity index (χ0n) is 13.2. The number of carbonyl (C=O) groups is 2. The molecule has 1 aromatic heterocycles. The fraction of sp³-hybridized carbons (Fsp3) is 0.167. The van der Waals surface area contributed by atoms with Crippen molar-refractivity contribution in [3.63, 3.8) is 0 Å². The van der Waals surface area contributed by atoms with Gasteiger partial charge < -0.3 is 10.2 Å². The second kappa shape index (κ2) is 6.25. The summed E-state index contributed by atoms with van der Waals surface area (Å²) in [7, 11) is 0. The molecular formula is C18H15N3O3S.